The zero-order valence-electron chi connectivity index (χ0n) is 15.1. The van der Waals surface area contributed by atoms with Gasteiger partial charge in [0.15, 0.2) is 5.96 Å². The lowest BCUT2D eigenvalue weighted by Crippen LogP contribution is -2.38. The molecular weight excluding hydrogens is 478 g/mol. The van der Waals surface area contributed by atoms with Crippen LogP contribution in [0.25, 0.3) is 0 Å². The Balaban J connectivity index is 0.00000338. The highest BCUT2D eigenvalue weighted by atomic mass is 127. The van der Waals surface area contributed by atoms with Gasteiger partial charge in [-0.25, -0.2) is 4.98 Å². The summed E-state index contributed by atoms with van der Waals surface area (Å²) in [5.74, 6) is 0.893. The van der Waals surface area contributed by atoms with Gasteiger partial charge in [0.1, 0.15) is 0 Å². The maximum Gasteiger partial charge on any atom is 0.401 e. The standard InChI is InChI=1S/C16H26F3N5S.HI/c1-3-20-15(21-6-4-14-22-8-12(2)25-14)23-9-13-5-7-24(10-13)11-16(17,18)19;/h8,13H,3-7,9-11H2,1-2H3,(H2,20,21,23);1H. The van der Waals surface area contributed by atoms with Gasteiger partial charge in [0.05, 0.1) is 11.6 Å². The predicted molar refractivity (Wildman–Crippen MR) is 111 cm³/mol. The molecule has 150 valence electrons. The molecule has 1 aliphatic rings. The van der Waals surface area contributed by atoms with Crippen molar-refractivity contribution in [1.29, 1.82) is 0 Å². The van der Waals surface area contributed by atoms with Gasteiger partial charge in [0, 0.05) is 43.7 Å². The van der Waals surface area contributed by atoms with Crippen molar-refractivity contribution in [2.24, 2.45) is 10.9 Å². The van der Waals surface area contributed by atoms with E-state index in [9.17, 15) is 13.2 Å². The van der Waals surface area contributed by atoms with Gasteiger partial charge < -0.3 is 10.6 Å². The molecule has 1 aromatic heterocycles. The number of rotatable bonds is 7. The van der Waals surface area contributed by atoms with Crippen LogP contribution in [0.1, 0.15) is 23.2 Å². The first-order chi connectivity index (χ1) is 11.9. The summed E-state index contributed by atoms with van der Waals surface area (Å²) in [6, 6.07) is 0. The molecule has 0 amide bonds. The minimum Gasteiger partial charge on any atom is -0.357 e. The molecule has 2 heterocycles. The van der Waals surface area contributed by atoms with Gasteiger partial charge in [-0.1, -0.05) is 0 Å². The largest absolute Gasteiger partial charge is 0.401 e. The first-order valence-corrected chi connectivity index (χ1v) is 9.40. The van der Waals surface area contributed by atoms with Gasteiger partial charge in [0.25, 0.3) is 0 Å². The Morgan fingerprint density at radius 2 is 2.19 bits per heavy atom. The van der Waals surface area contributed by atoms with Crippen molar-refractivity contribution in [3.8, 4) is 0 Å². The molecule has 0 radical (unpaired) electrons. The van der Waals surface area contributed by atoms with E-state index in [1.807, 2.05) is 20.0 Å². The summed E-state index contributed by atoms with van der Waals surface area (Å²) < 4.78 is 37.3. The van der Waals surface area contributed by atoms with E-state index in [0.717, 1.165) is 30.9 Å². The van der Waals surface area contributed by atoms with Gasteiger partial charge in [-0.2, -0.15) is 13.2 Å². The molecule has 10 heteroatoms. The second-order valence-corrected chi connectivity index (χ2v) is 7.59. The number of aromatic nitrogens is 1. The molecule has 1 aromatic rings. The predicted octanol–water partition coefficient (Wildman–Crippen LogP) is 3.05. The number of hydrogen-bond acceptors (Lipinski definition) is 4. The van der Waals surface area contributed by atoms with Crippen LogP contribution in [0.3, 0.4) is 0 Å². The van der Waals surface area contributed by atoms with E-state index < -0.39 is 12.7 Å². The van der Waals surface area contributed by atoms with Crippen LogP contribution in [0.5, 0.6) is 0 Å². The molecule has 2 N–H and O–H groups in total. The van der Waals surface area contributed by atoms with E-state index in [1.54, 1.807) is 11.3 Å². The fourth-order valence-electron chi connectivity index (χ4n) is 2.83. The molecule has 1 aliphatic heterocycles. The Bertz CT molecular complexity index is 564. The lowest BCUT2D eigenvalue weighted by atomic mass is 10.1. The number of thiazole rings is 1. The number of aryl methyl sites for hydroxylation is 1. The van der Waals surface area contributed by atoms with Crippen molar-refractivity contribution < 1.29 is 13.2 Å². The molecule has 1 atom stereocenters. The Kier molecular flexibility index (Phi) is 10.2. The van der Waals surface area contributed by atoms with Crippen molar-refractivity contribution in [2.75, 3.05) is 39.3 Å². The topological polar surface area (TPSA) is 52.6 Å². The number of guanidine groups is 1. The molecule has 0 bridgehead atoms. The van der Waals surface area contributed by atoms with Gasteiger partial charge in [-0.3, -0.25) is 9.89 Å². The monoisotopic (exact) mass is 505 g/mol. The van der Waals surface area contributed by atoms with Crippen LogP contribution in [0, 0.1) is 12.8 Å². The summed E-state index contributed by atoms with van der Waals surface area (Å²) in [4.78, 5) is 11.5. The average Bonchev–Trinajstić information content (AvgIpc) is 3.12. The summed E-state index contributed by atoms with van der Waals surface area (Å²) in [6.07, 6.45) is -0.669. The third-order valence-corrected chi connectivity index (χ3v) is 4.90. The second kappa shape index (κ2) is 11.3. The lowest BCUT2D eigenvalue weighted by Gasteiger charge is -2.17. The molecular formula is C16H27F3IN5S. The summed E-state index contributed by atoms with van der Waals surface area (Å²) in [5.41, 5.74) is 0. The number of nitrogens with zero attached hydrogens (tertiary/aromatic N) is 3. The molecule has 0 aliphatic carbocycles. The lowest BCUT2D eigenvalue weighted by molar-refractivity contribution is -0.143. The summed E-state index contributed by atoms with van der Waals surface area (Å²) in [5, 5.41) is 7.52. The van der Waals surface area contributed by atoms with Crippen LogP contribution < -0.4 is 10.6 Å². The van der Waals surface area contributed by atoms with Gasteiger partial charge in [0.2, 0.25) is 0 Å². The minimum atomic E-state index is -4.12. The first-order valence-electron chi connectivity index (χ1n) is 8.58. The van der Waals surface area contributed by atoms with Crippen LogP contribution in [0.4, 0.5) is 13.2 Å². The van der Waals surface area contributed by atoms with Crippen LogP contribution in [0.2, 0.25) is 0 Å². The molecule has 5 nitrogen and oxygen atoms in total. The first kappa shape index (κ1) is 23.4. The highest BCUT2D eigenvalue weighted by Crippen LogP contribution is 2.22. The maximum absolute atomic E-state index is 12.4. The zero-order chi connectivity index (χ0) is 18.3. The zero-order valence-corrected chi connectivity index (χ0v) is 18.3. The molecule has 1 unspecified atom stereocenters. The van der Waals surface area contributed by atoms with E-state index in [-0.39, 0.29) is 29.9 Å². The average molecular weight is 505 g/mol. The van der Waals surface area contributed by atoms with Gasteiger partial charge >= 0.3 is 6.18 Å². The summed E-state index contributed by atoms with van der Waals surface area (Å²) >= 11 is 1.68. The van der Waals surface area contributed by atoms with Gasteiger partial charge in [-0.15, -0.1) is 35.3 Å². The Morgan fingerprint density at radius 1 is 1.42 bits per heavy atom. The fourth-order valence-corrected chi connectivity index (χ4v) is 3.61. The van der Waals surface area contributed by atoms with Crippen LogP contribution in [-0.2, 0) is 6.42 Å². The quantitative estimate of drug-likeness (QED) is 0.340. The Labute approximate surface area is 173 Å². The highest BCUT2D eigenvalue weighted by Gasteiger charge is 2.34. The van der Waals surface area contributed by atoms with Crippen molar-refractivity contribution in [1.82, 2.24) is 20.5 Å². The summed E-state index contributed by atoms with van der Waals surface area (Å²) in [7, 11) is 0. The molecule has 26 heavy (non-hydrogen) atoms. The minimum absolute atomic E-state index is 0. The van der Waals surface area contributed by atoms with Crippen molar-refractivity contribution in [3.63, 3.8) is 0 Å². The molecule has 0 aromatic carbocycles. The fraction of sp³-hybridized carbons (Fsp3) is 0.750. The molecule has 0 saturated carbocycles. The van der Waals surface area contributed by atoms with Crippen molar-refractivity contribution in [2.45, 2.75) is 32.9 Å². The second-order valence-electron chi connectivity index (χ2n) is 6.27. The number of nitrogens with one attached hydrogen (secondary N) is 2. The van der Waals surface area contributed by atoms with Gasteiger partial charge in [-0.05, 0) is 32.7 Å². The van der Waals surface area contributed by atoms with Crippen LogP contribution in [-0.4, -0.2) is 61.3 Å². The number of halogens is 4. The number of aliphatic imine (C=N–C) groups is 1. The number of likely N-dealkylation sites (tertiary alicyclic amines) is 1. The SMILES string of the molecule is CCNC(=NCC1CCN(CC(F)(F)F)C1)NCCc1ncc(C)s1.I. The van der Waals surface area contributed by atoms with Crippen LogP contribution in [0.15, 0.2) is 11.2 Å². The van der Waals surface area contributed by atoms with Crippen molar-refractivity contribution in [3.05, 3.63) is 16.1 Å². The van der Waals surface area contributed by atoms with E-state index in [0.29, 0.717) is 25.6 Å². The van der Waals surface area contributed by atoms with Crippen molar-refractivity contribution >= 4 is 41.3 Å². The molecule has 2 rings (SSSR count). The normalized spacial score (nSPS) is 18.7. The van der Waals surface area contributed by atoms with E-state index in [2.05, 4.69) is 20.6 Å². The maximum atomic E-state index is 12.4. The number of hydrogen-bond donors (Lipinski definition) is 2. The number of alkyl halides is 3. The Morgan fingerprint density at radius 3 is 2.81 bits per heavy atom. The molecule has 0 spiro atoms. The third kappa shape index (κ3) is 8.85. The Hall–Kier alpha value is -0.620. The van der Waals surface area contributed by atoms with E-state index in [1.165, 1.54) is 9.78 Å². The summed E-state index contributed by atoms with van der Waals surface area (Å²) in [6.45, 7) is 6.16. The molecule has 1 saturated heterocycles. The van der Waals surface area contributed by atoms with E-state index in [4.69, 9.17) is 0 Å². The van der Waals surface area contributed by atoms with Crippen LogP contribution >= 0.6 is 35.3 Å². The smallest absolute Gasteiger partial charge is 0.357 e. The molecule has 1 fully saturated rings. The highest BCUT2D eigenvalue weighted by molar-refractivity contribution is 14.0. The van der Waals surface area contributed by atoms with E-state index >= 15 is 0 Å². The third-order valence-electron chi connectivity index (χ3n) is 3.93.